The van der Waals surface area contributed by atoms with Gasteiger partial charge in [-0.2, -0.15) is 0 Å². The Balaban J connectivity index is 1.14. The van der Waals surface area contributed by atoms with Crippen molar-refractivity contribution >= 4 is 24.1 Å². The van der Waals surface area contributed by atoms with Crippen molar-refractivity contribution in [3.8, 4) is 0 Å². The quantitative estimate of drug-likeness (QED) is 0.313. The average molecular weight is 597 g/mol. The van der Waals surface area contributed by atoms with Gasteiger partial charge in [0.1, 0.15) is 23.5 Å². The van der Waals surface area contributed by atoms with Crippen LogP contribution >= 0.6 is 0 Å². The van der Waals surface area contributed by atoms with Crippen LogP contribution in [0.2, 0.25) is 0 Å². The van der Waals surface area contributed by atoms with Crippen molar-refractivity contribution in [2.45, 2.75) is 108 Å². The van der Waals surface area contributed by atoms with Crippen LogP contribution in [0, 0.1) is 11.7 Å². The number of cyclic esters (lactones) is 1. The number of allylic oxidation sites excluding steroid dienone is 1. The third-order valence-corrected chi connectivity index (χ3v) is 9.83. The lowest BCUT2D eigenvalue weighted by Gasteiger charge is -2.50. The van der Waals surface area contributed by atoms with Gasteiger partial charge in [-0.25, -0.2) is 18.8 Å². The Morgan fingerprint density at radius 1 is 1.14 bits per heavy atom. The lowest BCUT2D eigenvalue weighted by atomic mass is 10.0. The molecule has 1 aromatic carbocycles. The zero-order valence-electron chi connectivity index (χ0n) is 24.4. The Morgan fingerprint density at radius 2 is 1.98 bits per heavy atom. The number of carbonyl (C=O) groups excluding carboxylic acids is 4. The predicted molar refractivity (Wildman–Crippen MR) is 148 cm³/mol. The molecule has 5 heterocycles. The number of nitrogens with zero attached hydrogens (tertiary/aromatic N) is 3. The highest BCUT2D eigenvalue weighted by Gasteiger charge is 2.67. The molecule has 1 spiro atoms. The van der Waals surface area contributed by atoms with E-state index in [9.17, 15) is 23.6 Å². The molecule has 1 N–H and O–H groups in total. The molecular weight excluding hydrogens is 559 g/mol. The normalized spacial score (nSPS) is 35.5. The molecule has 1 aromatic rings. The number of hydrogen-bond donors (Lipinski definition) is 1. The average Bonchev–Trinajstić information content (AvgIpc) is 3.25. The molecule has 43 heavy (non-hydrogen) atoms. The van der Waals surface area contributed by atoms with Crippen LogP contribution in [0.3, 0.4) is 0 Å². The van der Waals surface area contributed by atoms with Crippen LogP contribution in [0.15, 0.2) is 30.4 Å². The first-order valence-electron chi connectivity index (χ1n) is 15.3. The highest BCUT2D eigenvalue weighted by Crippen LogP contribution is 2.50. The van der Waals surface area contributed by atoms with E-state index in [0.717, 1.165) is 31.2 Å². The van der Waals surface area contributed by atoms with Crippen molar-refractivity contribution in [1.29, 1.82) is 0 Å². The van der Waals surface area contributed by atoms with Gasteiger partial charge in [-0.3, -0.25) is 19.9 Å². The number of amides is 3. The lowest BCUT2D eigenvalue weighted by Crippen LogP contribution is -2.69. The Morgan fingerprint density at radius 3 is 2.74 bits per heavy atom. The maximum Gasteiger partial charge on any atom is 0.415 e. The number of carbonyl (C=O) groups is 4. The Bertz CT molecular complexity index is 1400. The van der Waals surface area contributed by atoms with E-state index in [1.54, 1.807) is 30.9 Å². The topological polar surface area (TPSA) is 118 Å². The number of hydrogen-bond acceptors (Lipinski definition) is 8. The second-order valence-corrected chi connectivity index (χ2v) is 13.1. The van der Waals surface area contributed by atoms with Crippen LogP contribution in [-0.2, 0) is 36.9 Å². The molecule has 4 fully saturated rings. The second kappa shape index (κ2) is 10.2. The molecule has 230 valence electrons. The van der Waals surface area contributed by atoms with E-state index in [0.29, 0.717) is 18.4 Å². The summed E-state index contributed by atoms with van der Waals surface area (Å²) in [7, 11) is 0. The van der Waals surface area contributed by atoms with Crippen molar-refractivity contribution in [2.24, 2.45) is 5.92 Å². The van der Waals surface area contributed by atoms with E-state index in [1.165, 1.54) is 15.9 Å². The van der Waals surface area contributed by atoms with Crippen LogP contribution in [0.25, 0.3) is 0 Å². The van der Waals surface area contributed by atoms with Crippen molar-refractivity contribution < 1.29 is 37.8 Å². The minimum absolute atomic E-state index is 0.0240. The number of rotatable bonds is 2. The van der Waals surface area contributed by atoms with Gasteiger partial charge in [-0.15, -0.1) is 0 Å². The van der Waals surface area contributed by atoms with E-state index >= 15 is 0 Å². The first-order chi connectivity index (χ1) is 20.6. The lowest BCUT2D eigenvalue weighted by molar-refractivity contribution is -0.190. The summed E-state index contributed by atoms with van der Waals surface area (Å²) in [4.78, 5) is 57.9. The highest BCUT2D eigenvalue weighted by molar-refractivity contribution is 5.89. The van der Waals surface area contributed by atoms with Gasteiger partial charge in [-0.1, -0.05) is 37.1 Å². The summed E-state index contributed by atoms with van der Waals surface area (Å²) < 4.78 is 31.4. The van der Waals surface area contributed by atoms with Crippen molar-refractivity contribution in [3.63, 3.8) is 0 Å². The maximum atomic E-state index is 14.4. The molecule has 6 aliphatic rings. The highest BCUT2D eigenvalue weighted by atomic mass is 19.1. The van der Waals surface area contributed by atoms with Crippen molar-refractivity contribution in [2.75, 3.05) is 6.54 Å². The number of ether oxygens (including phenoxy) is 3. The van der Waals surface area contributed by atoms with Crippen LogP contribution in [0.4, 0.5) is 14.0 Å². The van der Waals surface area contributed by atoms with Gasteiger partial charge >= 0.3 is 18.2 Å². The van der Waals surface area contributed by atoms with Gasteiger partial charge in [0.25, 0.3) is 0 Å². The second-order valence-electron chi connectivity index (χ2n) is 13.1. The smallest absolute Gasteiger partial charge is 0.415 e. The molecular formula is C31H37FN4O7. The minimum atomic E-state index is -0.937. The Labute approximate surface area is 249 Å². The van der Waals surface area contributed by atoms with Gasteiger partial charge in [0.15, 0.2) is 12.0 Å². The fraction of sp³-hybridized carbons (Fsp3) is 0.613. The molecule has 1 unspecified atom stereocenters. The fourth-order valence-corrected chi connectivity index (χ4v) is 7.42. The first-order valence-corrected chi connectivity index (χ1v) is 15.3. The molecule has 3 saturated heterocycles. The summed E-state index contributed by atoms with van der Waals surface area (Å²) >= 11 is 0. The molecule has 7 rings (SSSR count). The molecule has 6 atom stereocenters. The van der Waals surface area contributed by atoms with E-state index in [4.69, 9.17) is 14.2 Å². The summed E-state index contributed by atoms with van der Waals surface area (Å²) in [5.74, 6) is -0.966. The minimum Gasteiger partial charge on any atom is -0.444 e. The zero-order chi connectivity index (χ0) is 30.1. The van der Waals surface area contributed by atoms with E-state index in [1.807, 2.05) is 0 Å². The molecule has 1 saturated carbocycles. The standard InChI is InChI=1S/C31H37FN4O7/c1-30(2)36(29(40)43-30)23-12-7-5-3-4-6-10-19-14-31(19)27(38)42-25(33-31)24-13-20(16-35(24)26(23)37)41-28(39)34-15-18-9-8-11-22(32)21(18)17-34/h6,8-11,19-20,23-25,33H,3-5,7,12-17H2,1-2H3/b10-6-/t19-,20-,23+,24+,25?,31-/m1/s1. The summed E-state index contributed by atoms with van der Waals surface area (Å²) in [6.45, 7) is 3.92. The van der Waals surface area contributed by atoms with E-state index in [-0.39, 0.29) is 49.7 Å². The van der Waals surface area contributed by atoms with E-state index in [2.05, 4.69) is 17.5 Å². The third-order valence-electron chi connectivity index (χ3n) is 9.83. The van der Waals surface area contributed by atoms with Crippen LogP contribution in [0.5, 0.6) is 0 Å². The van der Waals surface area contributed by atoms with Crippen LogP contribution < -0.4 is 5.32 Å². The number of nitrogens with one attached hydrogen (secondary N) is 1. The SMILES string of the molecule is CC1(C)OC(=O)N1[C@H]1CCCCC/C=C\[C@@H]2C[C@@]23NC(OC3=O)[C@@H]2C[C@@H](OC(=O)N3Cc4cccc(F)c4C3)CN2C1=O. The van der Waals surface area contributed by atoms with E-state index < -0.39 is 47.9 Å². The Kier molecular flexibility index (Phi) is 6.68. The Hall–Kier alpha value is -3.67. The molecule has 0 aromatic heterocycles. The molecule has 3 amide bonds. The predicted octanol–water partition coefficient (Wildman–Crippen LogP) is 3.56. The molecule has 1 aliphatic carbocycles. The van der Waals surface area contributed by atoms with Gasteiger partial charge < -0.3 is 19.1 Å². The summed E-state index contributed by atoms with van der Waals surface area (Å²) in [5, 5.41) is 3.38. The summed E-state index contributed by atoms with van der Waals surface area (Å²) in [5.41, 5.74) is -0.536. The van der Waals surface area contributed by atoms with Gasteiger partial charge in [-0.05, 0) is 51.2 Å². The van der Waals surface area contributed by atoms with Gasteiger partial charge in [0.05, 0.1) is 19.1 Å². The summed E-state index contributed by atoms with van der Waals surface area (Å²) in [6, 6.07) is 3.39. The van der Waals surface area contributed by atoms with Crippen LogP contribution in [-0.4, -0.2) is 81.0 Å². The molecule has 0 radical (unpaired) electrons. The van der Waals surface area contributed by atoms with Crippen molar-refractivity contribution in [3.05, 3.63) is 47.3 Å². The van der Waals surface area contributed by atoms with Crippen LogP contribution in [0.1, 0.15) is 69.9 Å². The zero-order valence-corrected chi connectivity index (χ0v) is 24.4. The molecule has 11 nitrogen and oxygen atoms in total. The summed E-state index contributed by atoms with van der Waals surface area (Å²) in [6.07, 6.45) is 6.34. The fourth-order valence-electron chi connectivity index (χ4n) is 7.42. The van der Waals surface area contributed by atoms with Gasteiger partial charge in [0, 0.05) is 24.4 Å². The monoisotopic (exact) mass is 596 g/mol. The molecule has 12 heteroatoms. The maximum absolute atomic E-state index is 14.4. The number of esters is 1. The molecule has 5 aliphatic heterocycles. The number of halogens is 1. The third kappa shape index (κ3) is 4.74. The van der Waals surface area contributed by atoms with Crippen molar-refractivity contribution in [1.82, 2.24) is 20.0 Å². The number of benzene rings is 1. The largest absolute Gasteiger partial charge is 0.444 e. The molecule has 2 bridgehead atoms. The number of fused-ring (bicyclic) bond motifs is 4. The first kappa shape index (κ1) is 28.1. The van der Waals surface area contributed by atoms with Gasteiger partial charge in [0.2, 0.25) is 5.91 Å².